The van der Waals surface area contributed by atoms with Crippen molar-refractivity contribution in [3.63, 3.8) is 0 Å². The van der Waals surface area contributed by atoms with Crippen LogP contribution in [0.3, 0.4) is 0 Å². The number of amides is 1. The fourth-order valence-corrected chi connectivity index (χ4v) is 3.68. The second kappa shape index (κ2) is 7.49. The normalized spacial score (nSPS) is 10.9. The number of para-hydroxylation sites is 2. The lowest BCUT2D eigenvalue weighted by Gasteiger charge is -2.02. The van der Waals surface area contributed by atoms with Gasteiger partial charge in [0.1, 0.15) is 0 Å². The molecule has 0 bridgehead atoms. The van der Waals surface area contributed by atoms with Gasteiger partial charge in [0.25, 0.3) is 0 Å². The van der Waals surface area contributed by atoms with Crippen LogP contribution in [0.2, 0.25) is 0 Å². The molecule has 2 heterocycles. The number of carbonyl (C=O) groups excluding carboxylic acids is 1. The van der Waals surface area contributed by atoms with Crippen LogP contribution in [0, 0.1) is 0 Å². The Kier molecular flexibility index (Phi) is 4.75. The largest absolute Gasteiger partial charge is 0.352 e. The maximum absolute atomic E-state index is 12.1. The third-order valence-electron chi connectivity index (χ3n) is 4.05. The number of nitrogens with one attached hydrogen (secondary N) is 1. The van der Waals surface area contributed by atoms with Crippen LogP contribution < -0.4 is 5.32 Å². The number of aryl methyl sites for hydroxylation is 1. The Morgan fingerprint density at radius 2 is 1.88 bits per heavy atom. The molecular weight excluding hydrogens is 344 g/mol. The SMILES string of the molecule is O=C(CCc1nc2ccccc2s1)NCc1cnn(-c2ccccc2)c1. The van der Waals surface area contributed by atoms with Gasteiger partial charge < -0.3 is 5.32 Å². The first kappa shape index (κ1) is 16.5. The monoisotopic (exact) mass is 362 g/mol. The predicted molar refractivity (Wildman–Crippen MR) is 103 cm³/mol. The third-order valence-corrected chi connectivity index (χ3v) is 5.15. The van der Waals surface area contributed by atoms with Gasteiger partial charge in [-0.3, -0.25) is 4.79 Å². The highest BCUT2D eigenvalue weighted by atomic mass is 32.1. The van der Waals surface area contributed by atoms with Crippen molar-refractivity contribution >= 4 is 27.5 Å². The molecule has 0 spiro atoms. The van der Waals surface area contributed by atoms with E-state index in [1.54, 1.807) is 17.5 Å². The Bertz CT molecular complexity index is 989. The van der Waals surface area contributed by atoms with Crippen LogP contribution in [0.25, 0.3) is 15.9 Å². The van der Waals surface area contributed by atoms with Gasteiger partial charge in [0.15, 0.2) is 0 Å². The number of hydrogen-bond acceptors (Lipinski definition) is 4. The number of nitrogens with zero attached hydrogens (tertiary/aromatic N) is 3. The van der Waals surface area contributed by atoms with E-state index in [0.29, 0.717) is 19.4 Å². The molecule has 0 aliphatic heterocycles. The first-order valence-electron chi connectivity index (χ1n) is 8.48. The lowest BCUT2D eigenvalue weighted by atomic mass is 10.3. The number of thiazole rings is 1. The summed E-state index contributed by atoms with van der Waals surface area (Å²) >= 11 is 1.65. The molecule has 6 heteroatoms. The summed E-state index contributed by atoms with van der Waals surface area (Å²) < 4.78 is 2.97. The molecule has 2 aromatic heterocycles. The molecule has 1 amide bonds. The van der Waals surface area contributed by atoms with Gasteiger partial charge in [-0.15, -0.1) is 11.3 Å². The van der Waals surface area contributed by atoms with Gasteiger partial charge in [-0.05, 0) is 24.3 Å². The maximum Gasteiger partial charge on any atom is 0.220 e. The lowest BCUT2D eigenvalue weighted by Crippen LogP contribution is -2.22. The topological polar surface area (TPSA) is 59.8 Å². The van der Waals surface area contributed by atoms with Crippen molar-refractivity contribution in [1.82, 2.24) is 20.1 Å². The number of rotatable bonds is 6. The molecule has 0 saturated carbocycles. The summed E-state index contributed by atoms with van der Waals surface area (Å²) in [7, 11) is 0. The van der Waals surface area contributed by atoms with Crippen LogP contribution in [-0.2, 0) is 17.8 Å². The van der Waals surface area contributed by atoms with E-state index in [2.05, 4.69) is 21.5 Å². The number of aromatic nitrogens is 3. The lowest BCUT2D eigenvalue weighted by molar-refractivity contribution is -0.121. The summed E-state index contributed by atoms with van der Waals surface area (Å²) in [6.45, 7) is 0.478. The Balaban J connectivity index is 1.29. The van der Waals surface area contributed by atoms with E-state index in [9.17, 15) is 4.79 Å². The molecule has 130 valence electrons. The zero-order chi connectivity index (χ0) is 17.8. The van der Waals surface area contributed by atoms with Crippen molar-refractivity contribution in [3.8, 4) is 5.69 Å². The molecule has 0 aliphatic carbocycles. The second-order valence-electron chi connectivity index (χ2n) is 5.98. The number of carbonyl (C=O) groups is 1. The van der Waals surface area contributed by atoms with Gasteiger partial charge in [0.05, 0.1) is 27.1 Å². The maximum atomic E-state index is 12.1. The van der Waals surface area contributed by atoms with Crippen molar-refractivity contribution in [2.24, 2.45) is 0 Å². The Morgan fingerprint density at radius 3 is 2.73 bits per heavy atom. The summed E-state index contributed by atoms with van der Waals surface area (Å²) in [6, 6.07) is 17.9. The van der Waals surface area contributed by atoms with Crippen molar-refractivity contribution in [3.05, 3.63) is 77.6 Å². The van der Waals surface area contributed by atoms with Gasteiger partial charge in [-0.2, -0.15) is 5.10 Å². The smallest absolute Gasteiger partial charge is 0.220 e. The first-order valence-corrected chi connectivity index (χ1v) is 9.30. The molecule has 4 aromatic rings. The molecular formula is C20H18N4OS. The molecule has 0 saturated heterocycles. The van der Waals surface area contributed by atoms with Gasteiger partial charge in [-0.25, -0.2) is 9.67 Å². The quantitative estimate of drug-likeness (QED) is 0.568. The second-order valence-corrected chi connectivity index (χ2v) is 7.10. The summed E-state index contributed by atoms with van der Waals surface area (Å²) in [6.07, 6.45) is 4.81. The summed E-state index contributed by atoms with van der Waals surface area (Å²) in [5, 5.41) is 8.29. The third kappa shape index (κ3) is 3.81. The summed E-state index contributed by atoms with van der Waals surface area (Å²) in [4.78, 5) is 16.7. The minimum absolute atomic E-state index is 0.0247. The summed E-state index contributed by atoms with van der Waals surface area (Å²) in [5.74, 6) is 0.0247. The van der Waals surface area contributed by atoms with Crippen LogP contribution in [0.1, 0.15) is 17.0 Å². The highest BCUT2D eigenvalue weighted by molar-refractivity contribution is 7.18. The van der Waals surface area contributed by atoms with E-state index >= 15 is 0 Å². The van der Waals surface area contributed by atoms with Crippen LogP contribution >= 0.6 is 11.3 Å². The number of benzene rings is 2. The fraction of sp³-hybridized carbons (Fsp3) is 0.150. The molecule has 0 aliphatic rings. The fourth-order valence-electron chi connectivity index (χ4n) is 2.71. The zero-order valence-electron chi connectivity index (χ0n) is 14.1. The minimum Gasteiger partial charge on any atom is -0.352 e. The van der Waals surface area contributed by atoms with E-state index in [1.807, 2.05) is 59.4 Å². The van der Waals surface area contributed by atoms with E-state index in [1.165, 1.54) is 0 Å². The van der Waals surface area contributed by atoms with Gasteiger partial charge in [0, 0.05) is 31.1 Å². The van der Waals surface area contributed by atoms with E-state index < -0.39 is 0 Å². The van der Waals surface area contributed by atoms with Crippen molar-refractivity contribution < 1.29 is 4.79 Å². The Hall–Kier alpha value is -2.99. The number of fused-ring (bicyclic) bond motifs is 1. The van der Waals surface area contributed by atoms with E-state index in [-0.39, 0.29) is 5.91 Å². The minimum atomic E-state index is 0.0247. The standard InChI is InChI=1S/C20H18N4OS/c25-19(10-11-20-23-17-8-4-5-9-18(17)26-20)21-12-15-13-22-24(14-15)16-6-2-1-3-7-16/h1-9,13-14H,10-12H2,(H,21,25). The Labute approximate surface area is 155 Å². The Morgan fingerprint density at radius 1 is 1.08 bits per heavy atom. The average Bonchev–Trinajstić information content (AvgIpc) is 3.32. The molecule has 0 unspecified atom stereocenters. The highest BCUT2D eigenvalue weighted by Gasteiger charge is 2.08. The van der Waals surface area contributed by atoms with Crippen molar-refractivity contribution in [2.75, 3.05) is 0 Å². The van der Waals surface area contributed by atoms with Crippen molar-refractivity contribution in [2.45, 2.75) is 19.4 Å². The van der Waals surface area contributed by atoms with Crippen LogP contribution in [0.4, 0.5) is 0 Å². The van der Waals surface area contributed by atoms with E-state index in [0.717, 1.165) is 26.5 Å². The highest BCUT2D eigenvalue weighted by Crippen LogP contribution is 2.22. The van der Waals surface area contributed by atoms with Crippen LogP contribution in [0.5, 0.6) is 0 Å². The molecule has 5 nitrogen and oxygen atoms in total. The molecule has 0 radical (unpaired) electrons. The van der Waals surface area contributed by atoms with Gasteiger partial charge in [0.2, 0.25) is 5.91 Å². The van der Waals surface area contributed by atoms with Gasteiger partial charge >= 0.3 is 0 Å². The first-order chi connectivity index (χ1) is 12.8. The molecule has 1 N–H and O–H groups in total. The number of hydrogen-bond donors (Lipinski definition) is 1. The average molecular weight is 362 g/mol. The molecule has 26 heavy (non-hydrogen) atoms. The summed E-state index contributed by atoms with van der Waals surface area (Å²) in [5.41, 5.74) is 2.98. The van der Waals surface area contributed by atoms with Crippen LogP contribution in [-0.4, -0.2) is 20.7 Å². The van der Waals surface area contributed by atoms with E-state index in [4.69, 9.17) is 0 Å². The molecule has 0 fully saturated rings. The molecule has 2 aromatic carbocycles. The molecule has 4 rings (SSSR count). The zero-order valence-corrected chi connectivity index (χ0v) is 14.9. The molecule has 0 atom stereocenters. The van der Waals surface area contributed by atoms with Crippen molar-refractivity contribution in [1.29, 1.82) is 0 Å². The van der Waals surface area contributed by atoms with Crippen LogP contribution in [0.15, 0.2) is 67.0 Å². The van der Waals surface area contributed by atoms with Gasteiger partial charge in [-0.1, -0.05) is 30.3 Å². The predicted octanol–water partition coefficient (Wildman–Crippen LogP) is 3.73.